The minimum absolute atomic E-state index is 0.830. The second-order valence-corrected chi connectivity index (χ2v) is 7.30. The molecule has 4 saturated carbocycles. The Hall–Kier alpha value is -0.0400. The Balaban J connectivity index is 1.60. The molecule has 0 aromatic rings. The Bertz CT molecular complexity index is 242. The lowest BCUT2D eigenvalue weighted by molar-refractivity contribution is -0.0933. The van der Waals surface area contributed by atoms with Crippen LogP contribution in [0.1, 0.15) is 51.4 Å². The Labute approximate surface area is 99.4 Å². The Morgan fingerprint density at radius 1 is 0.750 bits per heavy atom. The van der Waals surface area contributed by atoms with Gasteiger partial charge in [0.2, 0.25) is 0 Å². The SMILES string of the molecule is C1CC(C23CC4CC(CC(C4)C2)C3)CCN1. The van der Waals surface area contributed by atoms with Gasteiger partial charge >= 0.3 is 0 Å². The number of rotatable bonds is 1. The zero-order valence-electron chi connectivity index (χ0n) is 10.4. The monoisotopic (exact) mass is 219 g/mol. The van der Waals surface area contributed by atoms with E-state index in [0.29, 0.717) is 0 Å². The van der Waals surface area contributed by atoms with Crippen molar-refractivity contribution in [2.45, 2.75) is 51.4 Å². The van der Waals surface area contributed by atoms with Crippen molar-refractivity contribution in [3.63, 3.8) is 0 Å². The van der Waals surface area contributed by atoms with E-state index in [9.17, 15) is 0 Å². The van der Waals surface area contributed by atoms with Gasteiger partial charge in [0.15, 0.2) is 0 Å². The van der Waals surface area contributed by atoms with Crippen LogP contribution in [0, 0.1) is 29.1 Å². The van der Waals surface area contributed by atoms with Crippen LogP contribution in [-0.2, 0) is 0 Å². The summed E-state index contributed by atoms with van der Waals surface area (Å²) in [5.41, 5.74) is 0.830. The van der Waals surface area contributed by atoms with Gasteiger partial charge in [-0.2, -0.15) is 0 Å². The minimum atomic E-state index is 0.830. The van der Waals surface area contributed by atoms with Gasteiger partial charge in [-0.05, 0) is 93.5 Å². The number of hydrogen-bond donors (Lipinski definition) is 1. The lowest BCUT2D eigenvalue weighted by Gasteiger charge is -2.60. The summed E-state index contributed by atoms with van der Waals surface area (Å²) in [6.07, 6.45) is 12.6. The fourth-order valence-corrected chi connectivity index (χ4v) is 6.11. The van der Waals surface area contributed by atoms with Crippen molar-refractivity contribution in [2.75, 3.05) is 13.1 Å². The second kappa shape index (κ2) is 3.48. The maximum atomic E-state index is 3.55. The van der Waals surface area contributed by atoms with E-state index in [0.717, 1.165) is 29.1 Å². The van der Waals surface area contributed by atoms with Crippen LogP contribution in [0.15, 0.2) is 0 Å². The minimum Gasteiger partial charge on any atom is -0.317 e. The molecular weight excluding hydrogens is 194 g/mol. The van der Waals surface area contributed by atoms with Gasteiger partial charge in [0.1, 0.15) is 0 Å². The summed E-state index contributed by atoms with van der Waals surface area (Å²) in [5.74, 6) is 4.51. The van der Waals surface area contributed by atoms with Crippen molar-refractivity contribution in [3.8, 4) is 0 Å². The molecule has 1 nitrogen and oxygen atoms in total. The number of hydrogen-bond acceptors (Lipinski definition) is 1. The average Bonchev–Trinajstić information content (AvgIpc) is 2.28. The molecule has 5 fully saturated rings. The van der Waals surface area contributed by atoms with E-state index in [4.69, 9.17) is 0 Å². The number of nitrogens with one attached hydrogen (secondary N) is 1. The Morgan fingerprint density at radius 2 is 1.25 bits per heavy atom. The molecule has 0 spiro atoms. The first-order valence-electron chi connectivity index (χ1n) is 7.55. The molecule has 4 aliphatic carbocycles. The van der Waals surface area contributed by atoms with Crippen LogP contribution in [0.25, 0.3) is 0 Å². The molecular formula is C15H25N. The highest BCUT2D eigenvalue weighted by Crippen LogP contribution is 2.63. The molecule has 16 heavy (non-hydrogen) atoms. The van der Waals surface area contributed by atoms with Gasteiger partial charge in [-0.15, -0.1) is 0 Å². The average molecular weight is 219 g/mol. The zero-order valence-corrected chi connectivity index (χ0v) is 10.4. The van der Waals surface area contributed by atoms with E-state index in [1.54, 1.807) is 38.5 Å². The second-order valence-electron chi connectivity index (χ2n) is 7.30. The molecule has 0 radical (unpaired) electrons. The van der Waals surface area contributed by atoms with Crippen molar-refractivity contribution in [1.29, 1.82) is 0 Å². The first-order valence-corrected chi connectivity index (χ1v) is 7.55. The van der Waals surface area contributed by atoms with Crippen molar-refractivity contribution in [3.05, 3.63) is 0 Å². The fraction of sp³-hybridized carbons (Fsp3) is 1.00. The van der Waals surface area contributed by atoms with E-state index in [1.165, 1.54) is 25.9 Å². The molecule has 1 heterocycles. The van der Waals surface area contributed by atoms with E-state index in [2.05, 4.69) is 5.32 Å². The quantitative estimate of drug-likeness (QED) is 0.714. The van der Waals surface area contributed by atoms with Gasteiger partial charge in [-0.1, -0.05) is 0 Å². The molecule has 0 atom stereocenters. The van der Waals surface area contributed by atoms with Gasteiger partial charge in [0.05, 0.1) is 0 Å². The highest BCUT2D eigenvalue weighted by molar-refractivity contribution is 5.04. The topological polar surface area (TPSA) is 12.0 Å². The Kier molecular flexibility index (Phi) is 2.16. The summed E-state index contributed by atoms with van der Waals surface area (Å²) in [5, 5.41) is 3.55. The molecule has 0 aromatic heterocycles. The molecule has 4 bridgehead atoms. The molecule has 0 aromatic carbocycles. The van der Waals surface area contributed by atoms with Crippen LogP contribution < -0.4 is 5.32 Å². The van der Waals surface area contributed by atoms with Crippen molar-refractivity contribution < 1.29 is 0 Å². The molecule has 0 unspecified atom stereocenters. The summed E-state index contributed by atoms with van der Waals surface area (Å²) >= 11 is 0. The van der Waals surface area contributed by atoms with E-state index in [1.807, 2.05) is 0 Å². The summed E-state index contributed by atoms with van der Waals surface area (Å²) in [6, 6.07) is 0. The van der Waals surface area contributed by atoms with Crippen LogP contribution in [-0.4, -0.2) is 13.1 Å². The summed E-state index contributed by atoms with van der Waals surface area (Å²) in [7, 11) is 0. The summed E-state index contributed by atoms with van der Waals surface area (Å²) < 4.78 is 0. The molecule has 1 aliphatic heterocycles. The third kappa shape index (κ3) is 1.40. The van der Waals surface area contributed by atoms with Gasteiger partial charge < -0.3 is 5.32 Å². The van der Waals surface area contributed by atoms with E-state index < -0.39 is 0 Å². The fourth-order valence-electron chi connectivity index (χ4n) is 6.11. The smallest absolute Gasteiger partial charge is 0.00461 e. The third-order valence-corrected chi connectivity index (χ3v) is 6.29. The molecule has 5 rings (SSSR count). The third-order valence-electron chi connectivity index (χ3n) is 6.29. The van der Waals surface area contributed by atoms with Crippen molar-refractivity contribution in [2.24, 2.45) is 29.1 Å². The van der Waals surface area contributed by atoms with Crippen molar-refractivity contribution in [1.82, 2.24) is 5.32 Å². The largest absolute Gasteiger partial charge is 0.317 e. The van der Waals surface area contributed by atoms with Gasteiger partial charge in [-0.25, -0.2) is 0 Å². The highest BCUT2D eigenvalue weighted by atomic mass is 14.9. The van der Waals surface area contributed by atoms with Crippen LogP contribution in [0.5, 0.6) is 0 Å². The zero-order chi connectivity index (χ0) is 10.6. The van der Waals surface area contributed by atoms with Gasteiger partial charge in [-0.3, -0.25) is 0 Å². The molecule has 0 amide bonds. The van der Waals surface area contributed by atoms with Gasteiger partial charge in [0.25, 0.3) is 0 Å². The molecule has 1 N–H and O–H groups in total. The standard InChI is InChI=1S/C15H25N/c1-3-16-4-2-14(1)15-8-11-5-12(9-15)7-13(6-11)10-15/h11-14,16H,1-10H2. The lowest BCUT2D eigenvalue weighted by atomic mass is 9.45. The van der Waals surface area contributed by atoms with E-state index >= 15 is 0 Å². The lowest BCUT2D eigenvalue weighted by Crippen LogP contribution is -2.51. The van der Waals surface area contributed by atoms with Crippen LogP contribution in [0.2, 0.25) is 0 Å². The first kappa shape index (κ1) is 9.94. The van der Waals surface area contributed by atoms with E-state index in [-0.39, 0.29) is 0 Å². The molecule has 90 valence electrons. The summed E-state index contributed by atoms with van der Waals surface area (Å²) in [6.45, 7) is 2.60. The van der Waals surface area contributed by atoms with Gasteiger partial charge in [0, 0.05) is 0 Å². The first-order chi connectivity index (χ1) is 7.84. The molecule has 5 aliphatic rings. The molecule has 1 saturated heterocycles. The maximum Gasteiger partial charge on any atom is -0.00461 e. The predicted molar refractivity (Wildman–Crippen MR) is 66.2 cm³/mol. The van der Waals surface area contributed by atoms with Crippen LogP contribution in [0.3, 0.4) is 0 Å². The maximum absolute atomic E-state index is 3.55. The van der Waals surface area contributed by atoms with Crippen LogP contribution in [0.4, 0.5) is 0 Å². The van der Waals surface area contributed by atoms with Crippen LogP contribution >= 0.6 is 0 Å². The normalized spacial score (nSPS) is 52.1. The van der Waals surface area contributed by atoms with Crippen molar-refractivity contribution >= 4 is 0 Å². The highest BCUT2D eigenvalue weighted by Gasteiger charge is 2.53. The summed E-state index contributed by atoms with van der Waals surface area (Å²) in [4.78, 5) is 0. The molecule has 1 heteroatoms. The predicted octanol–water partition coefficient (Wildman–Crippen LogP) is 3.20. The Morgan fingerprint density at radius 3 is 1.75 bits per heavy atom. The number of piperidine rings is 1.